The van der Waals surface area contributed by atoms with E-state index >= 15 is 0 Å². The van der Waals surface area contributed by atoms with Gasteiger partial charge in [0.15, 0.2) is 0 Å². The van der Waals surface area contributed by atoms with Crippen molar-refractivity contribution in [2.75, 3.05) is 0 Å². The SMILES string of the molecule is CC(C)(C)OC(=O)NC(Cc1ccccc1)C(=O)N/N=C/c1cc(Br)c(O)c(Br)c1. The van der Waals surface area contributed by atoms with Crippen LogP contribution >= 0.6 is 31.9 Å². The third-order valence-corrected chi connectivity index (χ3v) is 4.93. The average molecular weight is 541 g/mol. The molecule has 0 radical (unpaired) electrons. The topological polar surface area (TPSA) is 100 Å². The van der Waals surface area contributed by atoms with Crippen molar-refractivity contribution in [3.05, 3.63) is 62.5 Å². The van der Waals surface area contributed by atoms with Crippen LogP contribution in [0.3, 0.4) is 0 Å². The molecule has 0 aliphatic carbocycles. The minimum Gasteiger partial charge on any atom is -0.506 e. The van der Waals surface area contributed by atoms with Gasteiger partial charge >= 0.3 is 6.09 Å². The van der Waals surface area contributed by atoms with Gasteiger partial charge in [0.05, 0.1) is 15.2 Å². The molecule has 0 aromatic heterocycles. The number of aromatic hydroxyl groups is 1. The summed E-state index contributed by atoms with van der Waals surface area (Å²) < 4.78 is 6.23. The summed E-state index contributed by atoms with van der Waals surface area (Å²) in [5.74, 6) is -0.418. The third-order valence-electron chi connectivity index (χ3n) is 3.72. The molecule has 0 aliphatic heterocycles. The van der Waals surface area contributed by atoms with Gasteiger partial charge in [0.1, 0.15) is 17.4 Å². The maximum atomic E-state index is 12.7. The van der Waals surface area contributed by atoms with Crippen molar-refractivity contribution in [1.29, 1.82) is 0 Å². The Morgan fingerprint density at radius 1 is 1.17 bits per heavy atom. The first-order valence-corrected chi connectivity index (χ1v) is 10.7. The number of hydrazone groups is 1. The van der Waals surface area contributed by atoms with Crippen LogP contribution in [0.15, 0.2) is 56.5 Å². The van der Waals surface area contributed by atoms with Crippen LogP contribution < -0.4 is 10.7 Å². The number of amides is 2. The number of hydrogen-bond donors (Lipinski definition) is 3. The molecule has 2 amide bonds. The fourth-order valence-electron chi connectivity index (χ4n) is 2.42. The largest absolute Gasteiger partial charge is 0.506 e. The van der Waals surface area contributed by atoms with E-state index < -0.39 is 23.6 Å². The van der Waals surface area contributed by atoms with Crippen molar-refractivity contribution in [3.63, 3.8) is 0 Å². The Morgan fingerprint density at radius 2 is 1.77 bits per heavy atom. The minimum atomic E-state index is -0.877. The molecule has 30 heavy (non-hydrogen) atoms. The molecular weight excluding hydrogens is 518 g/mol. The second kappa shape index (κ2) is 10.6. The lowest BCUT2D eigenvalue weighted by Gasteiger charge is -2.23. The lowest BCUT2D eigenvalue weighted by atomic mass is 10.1. The van der Waals surface area contributed by atoms with Crippen LogP contribution in [0.5, 0.6) is 5.75 Å². The maximum absolute atomic E-state index is 12.7. The predicted octanol–water partition coefficient (Wildman–Crippen LogP) is 4.50. The van der Waals surface area contributed by atoms with E-state index in [0.717, 1.165) is 5.56 Å². The fourth-order valence-corrected chi connectivity index (χ4v) is 3.64. The molecule has 0 saturated heterocycles. The van der Waals surface area contributed by atoms with Crippen molar-refractivity contribution in [2.45, 2.75) is 38.8 Å². The summed E-state index contributed by atoms with van der Waals surface area (Å²) >= 11 is 6.48. The van der Waals surface area contributed by atoms with E-state index in [1.54, 1.807) is 32.9 Å². The van der Waals surface area contributed by atoms with Crippen LogP contribution in [-0.2, 0) is 16.0 Å². The number of halogens is 2. The fraction of sp³-hybridized carbons (Fsp3) is 0.286. The number of hydrogen-bond acceptors (Lipinski definition) is 5. The summed E-state index contributed by atoms with van der Waals surface area (Å²) in [6.45, 7) is 5.24. The van der Waals surface area contributed by atoms with Crippen LogP contribution in [0.2, 0.25) is 0 Å². The molecule has 160 valence electrons. The van der Waals surface area contributed by atoms with Crippen LogP contribution in [-0.4, -0.2) is 35.0 Å². The smallest absolute Gasteiger partial charge is 0.408 e. The number of alkyl carbamates (subject to hydrolysis) is 1. The minimum absolute atomic E-state index is 0.0701. The van der Waals surface area contributed by atoms with E-state index in [9.17, 15) is 14.7 Å². The first-order chi connectivity index (χ1) is 14.0. The quantitative estimate of drug-likeness (QED) is 0.371. The number of phenolic OH excluding ortho intramolecular Hbond substituents is 1. The molecule has 9 heteroatoms. The Labute approximate surface area is 192 Å². The summed E-state index contributed by atoms with van der Waals surface area (Å²) in [5, 5.41) is 16.3. The molecule has 1 unspecified atom stereocenters. The lowest BCUT2D eigenvalue weighted by Crippen LogP contribution is -2.48. The van der Waals surface area contributed by atoms with Crippen molar-refractivity contribution >= 4 is 50.1 Å². The van der Waals surface area contributed by atoms with Gasteiger partial charge in [-0.1, -0.05) is 30.3 Å². The highest BCUT2D eigenvalue weighted by atomic mass is 79.9. The normalized spacial score (nSPS) is 12.4. The molecule has 0 heterocycles. The van der Waals surface area contributed by atoms with Gasteiger partial charge in [0, 0.05) is 6.42 Å². The molecule has 2 rings (SSSR count). The highest BCUT2D eigenvalue weighted by molar-refractivity contribution is 9.11. The van der Waals surface area contributed by atoms with Crippen LogP contribution in [0.1, 0.15) is 31.9 Å². The van der Waals surface area contributed by atoms with Crippen molar-refractivity contribution < 1.29 is 19.4 Å². The zero-order valence-electron chi connectivity index (χ0n) is 16.8. The summed E-state index contributed by atoms with van der Waals surface area (Å²) in [5.41, 5.74) is 3.28. The highest BCUT2D eigenvalue weighted by Gasteiger charge is 2.24. The van der Waals surface area contributed by atoms with E-state index in [0.29, 0.717) is 14.5 Å². The van der Waals surface area contributed by atoms with Gasteiger partial charge in [-0.2, -0.15) is 5.10 Å². The van der Waals surface area contributed by atoms with E-state index in [2.05, 4.69) is 47.7 Å². The number of phenols is 1. The number of carbonyl (C=O) groups excluding carboxylic acids is 2. The molecule has 3 N–H and O–H groups in total. The van der Waals surface area contributed by atoms with E-state index in [-0.39, 0.29) is 12.2 Å². The molecule has 7 nitrogen and oxygen atoms in total. The number of nitrogens with zero attached hydrogens (tertiary/aromatic N) is 1. The molecule has 2 aromatic rings. The van der Waals surface area contributed by atoms with Gasteiger partial charge in [-0.15, -0.1) is 0 Å². The molecule has 0 saturated carbocycles. The number of carbonyl (C=O) groups is 2. The Morgan fingerprint density at radius 3 is 2.33 bits per heavy atom. The van der Waals surface area contributed by atoms with Crippen LogP contribution in [0, 0.1) is 0 Å². The average Bonchev–Trinajstić information content (AvgIpc) is 2.64. The van der Waals surface area contributed by atoms with Crippen LogP contribution in [0.4, 0.5) is 4.79 Å². The van der Waals surface area contributed by atoms with E-state index in [1.807, 2.05) is 30.3 Å². The Hall–Kier alpha value is -2.39. The molecule has 0 aliphatic rings. The van der Waals surface area contributed by atoms with Gasteiger partial charge < -0.3 is 15.2 Å². The predicted molar refractivity (Wildman–Crippen MR) is 123 cm³/mol. The van der Waals surface area contributed by atoms with Gasteiger partial charge in [-0.25, -0.2) is 10.2 Å². The van der Waals surface area contributed by atoms with Gasteiger partial charge in [-0.05, 0) is 75.9 Å². The Balaban J connectivity index is 2.10. The first-order valence-electron chi connectivity index (χ1n) is 9.09. The number of rotatable bonds is 6. The van der Waals surface area contributed by atoms with Crippen molar-refractivity contribution in [2.24, 2.45) is 5.10 Å². The zero-order chi connectivity index (χ0) is 22.3. The molecular formula is C21H23Br2N3O4. The Bertz CT molecular complexity index is 905. The van der Waals surface area contributed by atoms with E-state index in [1.165, 1.54) is 6.21 Å². The summed E-state index contributed by atoms with van der Waals surface area (Å²) in [6, 6.07) is 11.7. The number of ether oxygens (including phenoxy) is 1. The van der Waals surface area contributed by atoms with Crippen molar-refractivity contribution in [1.82, 2.24) is 10.7 Å². The first kappa shape index (κ1) is 23.9. The lowest BCUT2D eigenvalue weighted by molar-refractivity contribution is -0.123. The summed E-state index contributed by atoms with van der Waals surface area (Å²) in [6.07, 6.45) is 1.02. The zero-order valence-corrected chi connectivity index (χ0v) is 20.0. The summed E-state index contributed by atoms with van der Waals surface area (Å²) in [7, 11) is 0. The molecule has 0 spiro atoms. The number of benzene rings is 2. The van der Waals surface area contributed by atoms with E-state index in [4.69, 9.17) is 4.74 Å². The van der Waals surface area contributed by atoms with Crippen molar-refractivity contribution in [3.8, 4) is 5.75 Å². The second-order valence-corrected chi connectivity index (χ2v) is 9.16. The highest BCUT2D eigenvalue weighted by Crippen LogP contribution is 2.32. The van der Waals surface area contributed by atoms with Crippen LogP contribution in [0.25, 0.3) is 0 Å². The third kappa shape index (κ3) is 7.79. The standard InChI is InChI=1S/C21H23Br2N3O4/c1-21(2,3)30-20(29)25-17(11-13-7-5-4-6-8-13)19(28)26-24-12-14-9-15(22)18(27)16(23)10-14/h4-10,12,17,27H,11H2,1-3H3,(H,25,29)(H,26,28)/b24-12+. The molecule has 2 aromatic carbocycles. The molecule has 1 atom stereocenters. The second-order valence-electron chi connectivity index (χ2n) is 7.46. The maximum Gasteiger partial charge on any atom is 0.408 e. The van der Waals surface area contributed by atoms with Gasteiger partial charge in [0.25, 0.3) is 5.91 Å². The Kier molecular flexibility index (Phi) is 8.43. The van der Waals surface area contributed by atoms with Gasteiger partial charge in [0.2, 0.25) is 0 Å². The number of nitrogens with one attached hydrogen (secondary N) is 2. The molecule has 0 fully saturated rings. The monoisotopic (exact) mass is 539 g/mol. The molecule has 0 bridgehead atoms. The summed E-state index contributed by atoms with van der Waals surface area (Å²) in [4.78, 5) is 24.9. The van der Waals surface area contributed by atoms with Gasteiger partial charge in [-0.3, -0.25) is 4.79 Å².